The van der Waals surface area contributed by atoms with Crippen molar-refractivity contribution in [3.05, 3.63) is 58.7 Å². The first-order chi connectivity index (χ1) is 23.6. The maximum Gasteiger partial charge on any atom is 0.418 e. The molecule has 3 fully saturated rings. The molecular weight excluding hydrogens is 670 g/mol. The number of para-hydroxylation sites is 1. The summed E-state index contributed by atoms with van der Waals surface area (Å²) in [5.74, 6) is -0.848. The average Bonchev–Trinajstić information content (AvgIpc) is 3.08. The minimum absolute atomic E-state index is 0.148. The monoisotopic (exact) mass is 710 g/mol. The third kappa shape index (κ3) is 7.50. The van der Waals surface area contributed by atoms with Gasteiger partial charge in [0.15, 0.2) is 6.10 Å². The van der Waals surface area contributed by atoms with Crippen LogP contribution in [0.1, 0.15) is 54.4 Å². The molecule has 4 aliphatic heterocycles. The van der Waals surface area contributed by atoms with Crippen LogP contribution in [0.2, 0.25) is 0 Å². The molecule has 10 nitrogen and oxygen atoms in total. The van der Waals surface area contributed by atoms with Gasteiger partial charge in [0.2, 0.25) is 5.91 Å². The number of nitrogen functional groups attached to an aromatic ring is 1. The van der Waals surface area contributed by atoms with Gasteiger partial charge in [-0.25, -0.2) is 4.79 Å². The normalized spacial score (nSPS) is 21.0. The average molecular weight is 711 g/mol. The number of anilines is 2. The number of fused-ring (bicyclic) bond motifs is 2. The molecule has 2 aromatic rings. The molecule has 0 bridgehead atoms. The van der Waals surface area contributed by atoms with Crippen LogP contribution in [0.5, 0.6) is 0 Å². The van der Waals surface area contributed by atoms with E-state index >= 15 is 0 Å². The maximum absolute atomic E-state index is 13.9. The van der Waals surface area contributed by atoms with Crippen molar-refractivity contribution in [1.82, 2.24) is 20.0 Å². The highest BCUT2D eigenvalue weighted by Gasteiger charge is 2.45. The molecule has 6 rings (SSSR count). The fraction of sp³-hybridized carbons (Fsp3) is 0.559. The lowest BCUT2D eigenvalue weighted by Crippen LogP contribution is -2.56. The number of likely N-dealkylation sites (tertiary alicyclic amines) is 1. The number of carbonyl (C=O) groups is 3. The van der Waals surface area contributed by atoms with Gasteiger partial charge >= 0.3 is 18.4 Å². The van der Waals surface area contributed by atoms with Crippen LogP contribution >= 0.6 is 0 Å². The molecule has 0 unspecified atom stereocenters. The van der Waals surface area contributed by atoms with Crippen LogP contribution in [0.4, 0.5) is 42.5 Å². The highest BCUT2D eigenvalue weighted by Crippen LogP contribution is 2.45. The SMILES string of the molecule is Nc1c(C(F)(F)F)cc(C[C@@H](OC(=O)N2CCC3(CC2)CC(=O)Nc2ccccc23)C(=O)N2CCN(C3CCNCC3)CC2)cc1C(F)(F)F. The van der Waals surface area contributed by atoms with Crippen LogP contribution in [0.25, 0.3) is 0 Å². The molecule has 0 aliphatic carbocycles. The van der Waals surface area contributed by atoms with Crippen LogP contribution < -0.4 is 16.4 Å². The number of carbonyl (C=O) groups excluding carboxylic acids is 3. The van der Waals surface area contributed by atoms with Crippen molar-refractivity contribution in [2.75, 3.05) is 63.4 Å². The number of ether oxygens (including phenoxy) is 1. The molecule has 0 radical (unpaired) electrons. The Morgan fingerprint density at radius 2 is 1.50 bits per heavy atom. The molecule has 272 valence electrons. The van der Waals surface area contributed by atoms with E-state index in [1.807, 2.05) is 24.3 Å². The number of nitrogens with one attached hydrogen (secondary N) is 2. The zero-order valence-corrected chi connectivity index (χ0v) is 27.3. The van der Waals surface area contributed by atoms with E-state index in [9.17, 15) is 40.7 Å². The number of rotatable bonds is 5. The summed E-state index contributed by atoms with van der Waals surface area (Å²) in [7, 11) is 0. The summed E-state index contributed by atoms with van der Waals surface area (Å²) in [6.45, 7) is 3.64. The summed E-state index contributed by atoms with van der Waals surface area (Å²) in [6, 6.07) is 8.71. The number of halogens is 6. The summed E-state index contributed by atoms with van der Waals surface area (Å²) in [5.41, 5.74) is 1.13. The lowest BCUT2D eigenvalue weighted by Gasteiger charge is -2.44. The van der Waals surface area contributed by atoms with Gasteiger partial charge in [-0.1, -0.05) is 18.2 Å². The Balaban J connectivity index is 1.22. The van der Waals surface area contributed by atoms with Gasteiger partial charge in [-0.05, 0) is 68.1 Å². The molecule has 0 aromatic heterocycles. The zero-order chi connectivity index (χ0) is 35.8. The van der Waals surface area contributed by atoms with E-state index in [2.05, 4.69) is 15.5 Å². The van der Waals surface area contributed by atoms with E-state index in [4.69, 9.17) is 10.5 Å². The van der Waals surface area contributed by atoms with Gasteiger partial charge in [-0.3, -0.25) is 14.5 Å². The predicted molar refractivity (Wildman–Crippen MR) is 171 cm³/mol. The van der Waals surface area contributed by atoms with Crippen molar-refractivity contribution in [3.8, 4) is 0 Å². The van der Waals surface area contributed by atoms with Crippen molar-refractivity contribution >= 4 is 29.3 Å². The molecule has 4 heterocycles. The van der Waals surface area contributed by atoms with Crippen LogP contribution in [0.15, 0.2) is 36.4 Å². The molecule has 16 heteroatoms. The largest absolute Gasteiger partial charge is 0.436 e. The van der Waals surface area contributed by atoms with Gasteiger partial charge < -0.3 is 30.9 Å². The van der Waals surface area contributed by atoms with E-state index in [0.717, 1.165) is 31.5 Å². The maximum atomic E-state index is 13.9. The quantitative estimate of drug-likeness (QED) is 0.306. The number of piperazine rings is 1. The van der Waals surface area contributed by atoms with E-state index in [-0.39, 0.29) is 38.5 Å². The molecule has 4 aliphatic rings. The highest BCUT2D eigenvalue weighted by atomic mass is 19.4. The van der Waals surface area contributed by atoms with Gasteiger partial charge in [0.25, 0.3) is 5.91 Å². The first-order valence-corrected chi connectivity index (χ1v) is 16.8. The second-order valence-electron chi connectivity index (χ2n) is 13.6. The summed E-state index contributed by atoms with van der Waals surface area (Å²) in [4.78, 5) is 45.2. The Labute approximate surface area is 285 Å². The fourth-order valence-corrected chi connectivity index (χ4v) is 7.79. The second-order valence-corrected chi connectivity index (χ2v) is 13.6. The molecule has 3 amide bonds. The molecule has 4 N–H and O–H groups in total. The van der Waals surface area contributed by atoms with Crippen molar-refractivity contribution in [1.29, 1.82) is 0 Å². The summed E-state index contributed by atoms with van der Waals surface area (Å²) < 4.78 is 88.8. The van der Waals surface area contributed by atoms with Crippen LogP contribution in [-0.2, 0) is 38.5 Å². The number of hydrogen-bond donors (Lipinski definition) is 3. The summed E-state index contributed by atoms with van der Waals surface area (Å²) in [6.07, 6.45) is -10.8. The van der Waals surface area contributed by atoms with Crippen LogP contribution in [0, 0.1) is 0 Å². The molecule has 1 atom stereocenters. The number of nitrogens with two attached hydrogens (primary N) is 1. The number of benzene rings is 2. The number of piperidine rings is 2. The van der Waals surface area contributed by atoms with Gasteiger partial charge in [-0.2, -0.15) is 26.3 Å². The topological polar surface area (TPSA) is 120 Å². The summed E-state index contributed by atoms with van der Waals surface area (Å²) in [5, 5.41) is 6.18. The zero-order valence-electron chi connectivity index (χ0n) is 27.3. The lowest BCUT2D eigenvalue weighted by molar-refractivity contribution is -0.143. The Hall–Kier alpha value is -4.05. The van der Waals surface area contributed by atoms with E-state index in [1.165, 1.54) is 9.80 Å². The number of nitrogens with zero attached hydrogens (tertiary/aromatic N) is 3. The summed E-state index contributed by atoms with van der Waals surface area (Å²) >= 11 is 0. The number of hydrogen-bond acceptors (Lipinski definition) is 7. The fourth-order valence-electron chi connectivity index (χ4n) is 7.79. The first-order valence-electron chi connectivity index (χ1n) is 16.8. The van der Waals surface area contributed by atoms with Crippen LogP contribution in [-0.4, -0.2) is 97.1 Å². The predicted octanol–water partition coefficient (Wildman–Crippen LogP) is 4.63. The van der Waals surface area contributed by atoms with Crippen molar-refractivity contribution < 1.29 is 45.5 Å². The van der Waals surface area contributed by atoms with Crippen molar-refractivity contribution in [2.24, 2.45) is 0 Å². The van der Waals surface area contributed by atoms with Gasteiger partial charge in [0.1, 0.15) is 0 Å². The van der Waals surface area contributed by atoms with E-state index in [1.54, 1.807) is 0 Å². The molecule has 1 spiro atoms. The standard InChI is InChI=1S/C34H40F6N6O4/c35-33(36,37)24-17-21(18-25(29(24)41)34(38,39)40)19-27(30(48)45-15-13-44(14-16-45)22-5-9-42-10-6-22)50-31(49)46-11-7-32(8-12-46)20-28(47)43-26-4-2-1-3-23(26)32/h1-4,17-18,22,27,42H,5-16,19-20,41H2,(H,43,47)/t27-/m1/s1. The van der Waals surface area contributed by atoms with Crippen molar-refractivity contribution in [2.45, 2.75) is 68.4 Å². The van der Waals surface area contributed by atoms with Gasteiger partial charge in [0.05, 0.1) is 16.8 Å². The van der Waals surface area contributed by atoms with Crippen molar-refractivity contribution in [3.63, 3.8) is 0 Å². The Morgan fingerprint density at radius 1 is 0.900 bits per heavy atom. The highest BCUT2D eigenvalue weighted by molar-refractivity contribution is 5.95. The van der Waals surface area contributed by atoms with Gasteiger partial charge in [0, 0.05) is 69.3 Å². The molecule has 2 aromatic carbocycles. The molecular formula is C34H40F6N6O4. The molecule has 50 heavy (non-hydrogen) atoms. The Kier molecular flexibility index (Phi) is 9.96. The minimum Gasteiger partial charge on any atom is -0.436 e. The second kappa shape index (κ2) is 13.9. The first kappa shape index (κ1) is 35.8. The third-order valence-electron chi connectivity index (χ3n) is 10.5. The smallest absolute Gasteiger partial charge is 0.418 e. The van der Waals surface area contributed by atoms with E-state index in [0.29, 0.717) is 49.8 Å². The third-order valence-corrected chi connectivity index (χ3v) is 10.5. The van der Waals surface area contributed by atoms with Gasteiger partial charge in [-0.15, -0.1) is 0 Å². The Bertz CT molecular complexity index is 1560. The lowest BCUT2D eigenvalue weighted by atomic mass is 9.68. The minimum atomic E-state index is -5.21. The number of amides is 3. The number of alkyl halides is 6. The molecule has 3 saturated heterocycles. The Morgan fingerprint density at radius 3 is 2.10 bits per heavy atom. The van der Waals surface area contributed by atoms with Crippen LogP contribution in [0.3, 0.4) is 0 Å². The molecule has 0 saturated carbocycles. The van der Waals surface area contributed by atoms with E-state index < -0.39 is 64.7 Å².